The lowest BCUT2D eigenvalue weighted by molar-refractivity contribution is -0.117. The van der Waals surface area contributed by atoms with Gasteiger partial charge in [-0.25, -0.2) is 0 Å². The molecular weight excluding hydrogens is 330 g/mol. The highest BCUT2D eigenvalue weighted by Gasteiger charge is 2.07. The van der Waals surface area contributed by atoms with E-state index in [4.69, 9.17) is 5.73 Å². The van der Waals surface area contributed by atoms with Crippen molar-refractivity contribution >= 4 is 33.2 Å². The molecule has 0 fully saturated rings. The monoisotopic (exact) mass is 347 g/mol. The number of anilines is 2. The molecule has 1 amide bonds. The lowest BCUT2D eigenvalue weighted by Gasteiger charge is -2.16. The third-order valence-electron chi connectivity index (χ3n) is 2.97. The number of hydrogen-bond acceptors (Lipinski definition) is 3. The number of benzene rings is 2. The van der Waals surface area contributed by atoms with Gasteiger partial charge in [-0.15, -0.1) is 0 Å². The number of hydrogen-bond donors (Lipinski definition) is 2. The number of nitrogens with two attached hydrogens (primary N) is 1. The van der Waals surface area contributed by atoms with Gasteiger partial charge in [0.2, 0.25) is 5.91 Å². The Morgan fingerprint density at radius 3 is 2.38 bits per heavy atom. The molecule has 0 atom stereocenters. The summed E-state index contributed by atoms with van der Waals surface area (Å²) >= 11 is 3.41. The Morgan fingerprint density at radius 2 is 1.76 bits per heavy atom. The molecule has 0 saturated heterocycles. The van der Waals surface area contributed by atoms with E-state index in [1.165, 1.54) is 5.56 Å². The van der Waals surface area contributed by atoms with E-state index in [9.17, 15) is 4.79 Å². The van der Waals surface area contributed by atoms with Crippen LogP contribution < -0.4 is 11.1 Å². The zero-order chi connectivity index (χ0) is 15.2. The van der Waals surface area contributed by atoms with Gasteiger partial charge in [-0.1, -0.05) is 28.1 Å². The summed E-state index contributed by atoms with van der Waals surface area (Å²) in [5, 5.41) is 2.85. The summed E-state index contributed by atoms with van der Waals surface area (Å²) in [7, 11) is 1.92. The van der Waals surface area contributed by atoms with Gasteiger partial charge in [0.15, 0.2) is 0 Å². The minimum absolute atomic E-state index is 0.0422. The van der Waals surface area contributed by atoms with Crippen LogP contribution in [0.3, 0.4) is 0 Å². The maximum absolute atomic E-state index is 12.0. The van der Waals surface area contributed by atoms with Crippen LogP contribution in [0.25, 0.3) is 0 Å². The highest BCUT2D eigenvalue weighted by molar-refractivity contribution is 9.10. The van der Waals surface area contributed by atoms with Gasteiger partial charge < -0.3 is 11.1 Å². The maximum Gasteiger partial charge on any atom is 0.238 e. The van der Waals surface area contributed by atoms with Crippen molar-refractivity contribution in [1.82, 2.24) is 4.90 Å². The zero-order valence-corrected chi connectivity index (χ0v) is 13.4. The molecule has 0 aliphatic carbocycles. The molecule has 2 rings (SSSR count). The lowest BCUT2D eigenvalue weighted by atomic mass is 10.2. The Labute approximate surface area is 133 Å². The third kappa shape index (κ3) is 5.21. The smallest absolute Gasteiger partial charge is 0.238 e. The average Bonchev–Trinajstić information content (AvgIpc) is 2.44. The molecule has 21 heavy (non-hydrogen) atoms. The van der Waals surface area contributed by atoms with Crippen molar-refractivity contribution < 1.29 is 4.79 Å². The third-order valence-corrected chi connectivity index (χ3v) is 3.50. The standard InChI is InChI=1S/C16H18BrN3O/c1-20(10-12-2-4-13(17)5-3-12)11-16(21)19-15-8-6-14(18)7-9-15/h2-9H,10-11,18H2,1H3,(H,19,21). The van der Waals surface area contributed by atoms with Crippen molar-refractivity contribution in [1.29, 1.82) is 0 Å². The number of rotatable bonds is 5. The van der Waals surface area contributed by atoms with Gasteiger partial charge in [0.05, 0.1) is 6.54 Å². The van der Waals surface area contributed by atoms with Crippen LogP contribution in [0.4, 0.5) is 11.4 Å². The van der Waals surface area contributed by atoms with Crippen molar-refractivity contribution in [3.05, 3.63) is 58.6 Å². The second-order valence-corrected chi connectivity index (χ2v) is 5.88. The number of amides is 1. The topological polar surface area (TPSA) is 58.4 Å². The largest absolute Gasteiger partial charge is 0.399 e. The van der Waals surface area contributed by atoms with Gasteiger partial charge in [-0.3, -0.25) is 9.69 Å². The SMILES string of the molecule is CN(CC(=O)Nc1ccc(N)cc1)Cc1ccc(Br)cc1. The Balaban J connectivity index is 1.84. The molecule has 0 spiro atoms. The van der Waals surface area contributed by atoms with Gasteiger partial charge in [-0.2, -0.15) is 0 Å². The highest BCUT2D eigenvalue weighted by atomic mass is 79.9. The van der Waals surface area contributed by atoms with Crippen LogP contribution >= 0.6 is 15.9 Å². The van der Waals surface area contributed by atoms with Crippen LogP contribution in [0.2, 0.25) is 0 Å². The first kappa shape index (κ1) is 15.5. The van der Waals surface area contributed by atoms with E-state index in [0.717, 1.165) is 16.7 Å². The molecule has 2 aromatic rings. The van der Waals surface area contributed by atoms with Crippen molar-refractivity contribution in [3.8, 4) is 0 Å². The van der Waals surface area contributed by atoms with Crippen molar-refractivity contribution in [2.24, 2.45) is 0 Å². The Bertz CT molecular complexity index is 596. The Morgan fingerprint density at radius 1 is 1.14 bits per heavy atom. The second kappa shape index (κ2) is 7.24. The summed E-state index contributed by atoms with van der Waals surface area (Å²) < 4.78 is 1.05. The van der Waals surface area contributed by atoms with E-state index >= 15 is 0 Å². The number of nitrogens with one attached hydrogen (secondary N) is 1. The molecule has 0 aliphatic heterocycles. The van der Waals surface area contributed by atoms with Gasteiger partial charge >= 0.3 is 0 Å². The summed E-state index contributed by atoms with van der Waals surface area (Å²) in [5.74, 6) is -0.0422. The van der Waals surface area contributed by atoms with Crippen LogP contribution in [0.15, 0.2) is 53.0 Å². The molecule has 2 aromatic carbocycles. The van der Waals surface area contributed by atoms with Crippen LogP contribution in [-0.2, 0) is 11.3 Å². The predicted octanol–water partition coefficient (Wildman–Crippen LogP) is 3.10. The first-order chi connectivity index (χ1) is 10.0. The molecule has 0 radical (unpaired) electrons. The minimum atomic E-state index is -0.0422. The van der Waals surface area contributed by atoms with Gasteiger partial charge in [0, 0.05) is 22.4 Å². The van der Waals surface area contributed by atoms with Gasteiger partial charge in [-0.05, 0) is 49.0 Å². The summed E-state index contributed by atoms with van der Waals surface area (Å²) in [6, 6.07) is 15.2. The molecule has 0 unspecified atom stereocenters. The van der Waals surface area contributed by atoms with E-state index in [-0.39, 0.29) is 5.91 Å². The quantitative estimate of drug-likeness (QED) is 0.817. The lowest BCUT2D eigenvalue weighted by Crippen LogP contribution is -2.29. The van der Waals surface area contributed by atoms with Crippen molar-refractivity contribution in [2.75, 3.05) is 24.6 Å². The average molecular weight is 348 g/mol. The minimum Gasteiger partial charge on any atom is -0.399 e. The number of carbonyl (C=O) groups is 1. The van der Waals surface area contributed by atoms with Crippen LogP contribution in [0.1, 0.15) is 5.56 Å². The van der Waals surface area contributed by atoms with E-state index in [2.05, 4.69) is 21.2 Å². The normalized spacial score (nSPS) is 10.6. The molecular formula is C16H18BrN3O. The fourth-order valence-corrected chi connectivity index (χ4v) is 2.23. The molecule has 3 N–H and O–H groups in total. The first-order valence-corrected chi connectivity index (χ1v) is 7.40. The maximum atomic E-state index is 12.0. The molecule has 0 heterocycles. The van der Waals surface area contributed by atoms with E-state index < -0.39 is 0 Å². The number of likely N-dealkylation sites (N-methyl/N-ethyl adjacent to an activating group) is 1. The number of nitrogens with zero attached hydrogens (tertiary/aromatic N) is 1. The zero-order valence-electron chi connectivity index (χ0n) is 11.8. The van der Waals surface area contributed by atoms with Gasteiger partial charge in [0.25, 0.3) is 0 Å². The molecule has 4 nitrogen and oxygen atoms in total. The Kier molecular flexibility index (Phi) is 5.36. The fourth-order valence-electron chi connectivity index (χ4n) is 1.97. The summed E-state index contributed by atoms with van der Waals surface area (Å²) in [6.45, 7) is 1.06. The molecule has 0 aromatic heterocycles. The fraction of sp³-hybridized carbons (Fsp3) is 0.188. The van der Waals surface area contributed by atoms with E-state index in [1.807, 2.05) is 36.2 Å². The molecule has 0 aliphatic rings. The number of carbonyl (C=O) groups excluding carboxylic acids is 1. The van der Waals surface area contributed by atoms with Crippen LogP contribution in [0.5, 0.6) is 0 Å². The first-order valence-electron chi connectivity index (χ1n) is 6.61. The molecule has 0 saturated carbocycles. The van der Waals surface area contributed by atoms with Crippen molar-refractivity contribution in [2.45, 2.75) is 6.54 Å². The van der Waals surface area contributed by atoms with Crippen molar-refractivity contribution in [3.63, 3.8) is 0 Å². The molecule has 110 valence electrons. The van der Waals surface area contributed by atoms with Gasteiger partial charge in [0.1, 0.15) is 0 Å². The summed E-state index contributed by atoms with van der Waals surface area (Å²) in [6.07, 6.45) is 0. The van der Waals surface area contributed by atoms with Crippen LogP contribution in [-0.4, -0.2) is 24.4 Å². The number of halogens is 1. The van der Waals surface area contributed by atoms with E-state index in [1.54, 1.807) is 24.3 Å². The Hall–Kier alpha value is -1.85. The van der Waals surface area contributed by atoms with Crippen LogP contribution in [0, 0.1) is 0 Å². The summed E-state index contributed by atoms with van der Waals surface area (Å²) in [5.41, 5.74) is 8.21. The van der Waals surface area contributed by atoms with E-state index in [0.29, 0.717) is 12.2 Å². The number of nitrogen functional groups attached to an aromatic ring is 1. The molecule has 5 heteroatoms. The second-order valence-electron chi connectivity index (χ2n) is 4.97. The molecule has 0 bridgehead atoms. The predicted molar refractivity (Wildman–Crippen MR) is 90.0 cm³/mol. The summed E-state index contributed by atoms with van der Waals surface area (Å²) in [4.78, 5) is 13.9. The highest BCUT2D eigenvalue weighted by Crippen LogP contribution is 2.12.